The molecule has 3 aromatic rings. The predicted molar refractivity (Wildman–Crippen MR) is 88.6 cm³/mol. The highest BCUT2D eigenvalue weighted by Crippen LogP contribution is 2.24. The van der Waals surface area contributed by atoms with Gasteiger partial charge in [0, 0.05) is 13.0 Å². The molecular formula is C16H12Cl2FN3O. The van der Waals surface area contributed by atoms with Crippen LogP contribution in [0.4, 0.5) is 4.39 Å². The average molecular weight is 352 g/mol. The highest BCUT2D eigenvalue weighted by atomic mass is 35.5. The summed E-state index contributed by atoms with van der Waals surface area (Å²) in [6, 6.07) is 9.91. The lowest BCUT2D eigenvalue weighted by molar-refractivity contribution is 0.0953. The molecule has 0 fully saturated rings. The summed E-state index contributed by atoms with van der Waals surface area (Å²) in [6.07, 6.45) is 0.522. The van der Waals surface area contributed by atoms with Gasteiger partial charge < -0.3 is 10.3 Å². The Balaban J connectivity index is 1.64. The van der Waals surface area contributed by atoms with Crippen molar-refractivity contribution in [1.82, 2.24) is 15.3 Å². The summed E-state index contributed by atoms with van der Waals surface area (Å²) in [5.41, 5.74) is 1.87. The molecule has 3 rings (SSSR count). The number of rotatable bonds is 4. The number of para-hydroxylation sites is 2. The van der Waals surface area contributed by atoms with E-state index in [2.05, 4.69) is 15.3 Å². The van der Waals surface area contributed by atoms with Gasteiger partial charge in [-0.25, -0.2) is 9.37 Å². The molecule has 1 aromatic heterocycles. The number of aromatic nitrogens is 2. The van der Waals surface area contributed by atoms with E-state index in [1.165, 1.54) is 6.07 Å². The summed E-state index contributed by atoms with van der Waals surface area (Å²) < 4.78 is 13.4. The van der Waals surface area contributed by atoms with Gasteiger partial charge in [0.2, 0.25) is 0 Å². The van der Waals surface area contributed by atoms with Crippen LogP contribution in [0.1, 0.15) is 16.2 Å². The first-order chi connectivity index (χ1) is 11.0. The van der Waals surface area contributed by atoms with Crippen molar-refractivity contribution in [2.24, 2.45) is 0 Å². The number of H-pyrrole nitrogens is 1. The van der Waals surface area contributed by atoms with Crippen LogP contribution in [0.15, 0.2) is 36.4 Å². The van der Waals surface area contributed by atoms with E-state index in [1.54, 1.807) is 0 Å². The quantitative estimate of drug-likeness (QED) is 0.698. The summed E-state index contributed by atoms with van der Waals surface area (Å²) >= 11 is 11.5. The van der Waals surface area contributed by atoms with Gasteiger partial charge in [-0.1, -0.05) is 35.3 Å². The minimum Gasteiger partial charge on any atom is -0.352 e. The number of fused-ring (bicyclic) bond motifs is 1. The number of nitrogens with one attached hydrogen (secondary N) is 2. The van der Waals surface area contributed by atoms with E-state index in [1.807, 2.05) is 24.3 Å². The lowest BCUT2D eigenvalue weighted by Crippen LogP contribution is -2.26. The van der Waals surface area contributed by atoms with Gasteiger partial charge in [-0.05, 0) is 24.3 Å². The number of carbonyl (C=O) groups is 1. The first kappa shape index (κ1) is 15.8. The fraction of sp³-hybridized carbons (Fsp3) is 0.125. The second-order valence-electron chi connectivity index (χ2n) is 4.95. The summed E-state index contributed by atoms with van der Waals surface area (Å²) in [6.45, 7) is 0.346. The van der Waals surface area contributed by atoms with Crippen molar-refractivity contribution >= 4 is 40.1 Å². The molecule has 0 saturated heterocycles. The van der Waals surface area contributed by atoms with E-state index >= 15 is 0 Å². The van der Waals surface area contributed by atoms with Crippen LogP contribution in [0, 0.1) is 5.82 Å². The van der Waals surface area contributed by atoms with E-state index < -0.39 is 11.7 Å². The maximum Gasteiger partial charge on any atom is 0.252 e. The van der Waals surface area contributed by atoms with E-state index in [4.69, 9.17) is 23.2 Å². The second-order valence-corrected chi connectivity index (χ2v) is 5.77. The molecule has 0 atom stereocenters. The summed E-state index contributed by atoms with van der Waals surface area (Å²) in [5.74, 6) is -0.375. The van der Waals surface area contributed by atoms with Gasteiger partial charge in [0.1, 0.15) is 11.6 Å². The third-order valence-corrected chi connectivity index (χ3v) is 3.94. The van der Waals surface area contributed by atoms with Gasteiger partial charge in [-0.2, -0.15) is 0 Å². The molecule has 0 aliphatic heterocycles. The Labute approximate surface area is 141 Å². The summed E-state index contributed by atoms with van der Waals surface area (Å²) in [5, 5.41) is 2.68. The monoisotopic (exact) mass is 351 g/mol. The van der Waals surface area contributed by atoms with Crippen molar-refractivity contribution in [2.45, 2.75) is 6.42 Å². The number of imidazole rings is 1. The zero-order valence-corrected chi connectivity index (χ0v) is 13.4. The molecule has 1 amide bonds. The number of halogens is 3. The number of hydrogen-bond donors (Lipinski definition) is 2. The molecule has 2 aromatic carbocycles. The van der Waals surface area contributed by atoms with Crippen molar-refractivity contribution in [3.8, 4) is 0 Å². The number of aromatic amines is 1. The van der Waals surface area contributed by atoms with Gasteiger partial charge in [0.25, 0.3) is 5.91 Å². The first-order valence-corrected chi connectivity index (χ1v) is 7.66. The largest absolute Gasteiger partial charge is 0.352 e. The maximum atomic E-state index is 13.4. The molecule has 23 heavy (non-hydrogen) atoms. The van der Waals surface area contributed by atoms with Crippen molar-refractivity contribution < 1.29 is 9.18 Å². The first-order valence-electron chi connectivity index (χ1n) is 6.91. The minimum atomic E-state index is -0.682. The van der Waals surface area contributed by atoms with E-state index in [9.17, 15) is 9.18 Å². The molecule has 1 heterocycles. The Kier molecular flexibility index (Phi) is 4.50. The van der Waals surface area contributed by atoms with Crippen molar-refractivity contribution in [2.75, 3.05) is 6.54 Å². The fourth-order valence-corrected chi connectivity index (χ4v) is 2.68. The normalized spacial score (nSPS) is 10.9. The smallest absolute Gasteiger partial charge is 0.252 e. The standard InChI is InChI=1S/C16H12Cl2FN3O/c17-10-8-11(18)12(19)7-9(10)16(23)20-6-5-15-21-13-3-1-2-4-14(13)22-15/h1-4,7-8H,5-6H2,(H,20,23)(H,21,22). The van der Waals surface area contributed by atoms with Gasteiger partial charge >= 0.3 is 0 Å². The van der Waals surface area contributed by atoms with E-state index in [0.717, 1.165) is 22.9 Å². The summed E-state index contributed by atoms with van der Waals surface area (Å²) in [7, 11) is 0. The molecule has 2 N–H and O–H groups in total. The minimum absolute atomic E-state index is 0.0539. The van der Waals surface area contributed by atoms with Crippen LogP contribution in [0.25, 0.3) is 11.0 Å². The number of amides is 1. The third-order valence-electron chi connectivity index (χ3n) is 3.34. The number of nitrogens with zero attached hydrogens (tertiary/aromatic N) is 1. The molecule has 0 saturated carbocycles. The predicted octanol–water partition coefficient (Wildman–Crippen LogP) is 3.98. The third kappa shape index (κ3) is 3.46. The molecule has 0 aliphatic rings. The van der Waals surface area contributed by atoms with Crippen LogP contribution in [-0.4, -0.2) is 22.4 Å². The molecule has 0 aliphatic carbocycles. The second kappa shape index (κ2) is 6.56. The lowest BCUT2D eigenvalue weighted by atomic mass is 10.2. The van der Waals surface area contributed by atoms with Gasteiger partial charge in [0.15, 0.2) is 0 Å². The average Bonchev–Trinajstić information content (AvgIpc) is 2.93. The van der Waals surface area contributed by atoms with Crippen LogP contribution in [0.5, 0.6) is 0 Å². The molecule has 0 spiro atoms. The maximum absolute atomic E-state index is 13.4. The zero-order valence-electron chi connectivity index (χ0n) is 11.9. The van der Waals surface area contributed by atoms with Crippen LogP contribution in [-0.2, 0) is 6.42 Å². The van der Waals surface area contributed by atoms with Gasteiger partial charge in [-0.15, -0.1) is 0 Å². The van der Waals surface area contributed by atoms with Crippen LogP contribution < -0.4 is 5.32 Å². The number of benzene rings is 2. The van der Waals surface area contributed by atoms with Crippen LogP contribution >= 0.6 is 23.2 Å². The highest BCUT2D eigenvalue weighted by Gasteiger charge is 2.14. The summed E-state index contributed by atoms with van der Waals surface area (Å²) in [4.78, 5) is 19.6. The zero-order chi connectivity index (χ0) is 16.4. The Bertz CT molecular complexity index is 846. The van der Waals surface area contributed by atoms with Gasteiger partial charge in [0.05, 0.1) is 26.6 Å². The van der Waals surface area contributed by atoms with Crippen LogP contribution in [0.2, 0.25) is 10.0 Å². The molecular weight excluding hydrogens is 340 g/mol. The molecule has 0 unspecified atom stereocenters. The SMILES string of the molecule is O=C(NCCc1nc2ccccc2[nH]1)c1cc(F)c(Cl)cc1Cl. The van der Waals surface area contributed by atoms with Crippen molar-refractivity contribution in [3.05, 3.63) is 63.6 Å². The van der Waals surface area contributed by atoms with E-state index in [0.29, 0.717) is 13.0 Å². The van der Waals surface area contributed by atoms with Crippen molar-refractivity contribution in [3.63, 3.8) is 0 Å². The Morgan fingerprint density at radius 2 is 2.00 bits per heavy atom. The molecule has 118 valence electrons. The molecule has 0 radical (unpaired) electrons. The molecule has 4 nitrogen and oxygen atoms in total. The van der Waals surface area contributed by atoms with Crippen LogP contribution in [0.3, 0.4) is 0 Å². The Morgan fingerprint density at radius 3 is 2.78 bits per heavy atom. The highest BCUT2D eigenvalue weighted by molar-refractivity contribution is 6.36. The Hall–Kier alpha value is -2.11. The number of hydrogen-bond acceptors (Lipinski definition) is 2. The topological polar surface area (TPSA) is 57.8 Å². The lowest BCUT2D eigenvalue weighted by Gasteiger charge is -2.07. The van der Waals surface area contributed by atoms with Gasteiger partial charge in [-0.3, -0.25) is 4.79 Å². The van der Waals surface area contributed by atoms with Crippen molar-refractivity contribution in [1.29, 1.82) is 0 Å². The molecule has 7 heteroatoms. The molecule has 0 bridgehead atoms. The fourth-order valence-electron chi connectivity index (χ4n) is 2.21. The number of carbonyl (C=O) groups excluding carboxylic acids is 1. The Morgan fingerprint density at radius 1 is 1.22 bits per heavy atom. The van der Waals surface area contributed by atoms with E-state index in [-0.39, 0.29) is 15.6 Å².